The fourth-order valence-corrected chi connectivity index (χ4v) is 3.11. The molecule has 3 aromatic rings. The number of carbonyl (C=O) groups excluding carboxylic acids is 1. The molecule has 6 nitrogen and oxygen atoms in total. The Morgan fingerprint density at radius 2 is 2.04 bits per heavy atom. The van der Waals surface area contributed by atoms with Crippen LogP contribution in [0.3, 0.4) is 0 Å². The van der Waals surface area contributed by atoms with E-state index in [4.69, 9.17) is 4.42 Å². The number of nitrogens with zero attached hydrogens (tertiary/aromatic N) is 3. The molecule has 0 bridgehead atoms. The normalized spacial score (nSPS) is 12.5. The second-order valence-corrected chi connectivity index (χ2v) is 6.55. The van der Waals surface area contributed by atoms with Crippen LogP contribution >= 0.6 is 0 Å². The Balaban J connectivity index is 1.68. The molecule has 132 valence electrons. The first kappa shape index (κ1) is 17.2. The van der Waals surface area contributed by atoms with E-state index in [1.807, 2.05) is 57.3 Å². The number of furan rings is 1. The smallest absolute Gasteiger partial charge is 0.220 e. The second kappa shape index (κ2) is 6.70. The molecule has 0 aliphatic heterocycles. The van der Waals surface area contributed by atoms with Gasteiger partial charge in [0, 0.05) is 23.9 Å². The van der Waals surface area contributed by atoms with Gasteiger partial charge in [0.2, 0.25) is 5.91 Å². The summed E-state index contributed by atoms with van der Waals surface area (Å²) in [6.45, 7) is 9.78. The summed E-state index contributed by atoms with van der Waals surface area (Å²) in [6, 6.07) is 5.62. The van der Waals surface area contributed by atoms with Gasteiger partial charge < -0.3 is 9.73 Å². The minimum atomic E-state index is -0.141. The Hall–Kier alpha value is -2.63. The van der Waals surface area contributed by atoms with E-state index in [0.29, 0.717) is 12.8 Å². The highest BCUT2D eigenvalue weighted by Crippen LogP contribution is 2.18. The zero-order valence-electron chi connectivity index (χ0n) is 15.4. The van der Waals surface area contributed by atoms with Gasteiger partial charge in [-0.25, -0.2) is 9.50 Å². The van der Waals surface area contributed by atoms with Crippen LogP contribution in [0.4, 0.5) is 0 Å². The summed E-state index contributed by atoms with van der Waals surface area (Å²) >= 11 is 0. The monoisotopic (exact) mass is 340 g/mol. The Kier molecular flexibility index (Phi) is 4.61. The Labute approximate surface area is 147 Å². The zero-order valence-corrected chi connectivity index (χ0v) is 15.4. The summed E-state index contributed by atoms with van der Waals surface area (Å²) in [7, 11) is 0. The van der Waals surface area contributed by atoms with Gasteiger partial charge in [0.05, 0.1) is 11.7 Å². The van der Waals surface area contributed by atoms with Gasteiger partial charge in [-0.3, -0.25) is 4.79 Å². The van der Waals surface area contributed by atoms with Crippen molar-refractivity contribution in [3.63, 3.8) is 0 Å². The first-order valence-electron chi connectivity index (χ1n) is 8.53. The number of hydrogen-bond acceptors (Lipinski definition) is 4. The van der Waals surface area contributed by atoms with Crippen molar-refractivity contribution in [3.8, 4) is 0 Å². The van der Waals surface area contributed by atoms with Crippen molar-refractivity contribution in [1.29, 1.82) is 0 Å². The molecule has 3 aromatic heterocycles. The number of aryl methyl sites for hydroxylation is 4. The predicted octanol–water partition coefficient (Wildman–Crippen LogP) is 3.37. The van der Waals surface area contributed by atoms with Crippen LogP contribution in [0.25, 0.3) is 5.65 Å². The molecule has 3 rings (SSSR count). The molecular weight excluding hydrogens is 316 g/mol. The molecule has 1 N–H and O–H groups in total. The minimum Gasteiger partial charge on any atom is -0.464 e. The minimum absolute atomic E-state index is 0.00269. The topological polar surface area (TPSA) is 72.4 Å². The van der Waals surface area contributed by atoms with Gasteiger partial charge in [-0.1, -0.05) is 0 Å². The molecule has 0 aromatic carbocycles. The maximum atomic E-state index is 12.3. The van der Waals surface area contributed by atoms with Crippen LogP contribution in [-0.2, 0) is 11.2 Å². The number of fused-ring (bicyclic) bond motifs is 1. The van der Waals surface area contributed by atoms with Crippen LogP contribution in [0.5, 0.6) is 0 Å². The molecule has 0 aliphatic rings. The van der Waals surface area contributed by atoms with Gasteiger partial charge in [-0.15, -0.1) is 0 Å². The molecule has 0 radical (unpaired) electrons. The van der Waals surface area contributed by atoms with Crippen molar-refractivity contribution >= 4 is 11.6 Å². The number of aromatic nitrogens is 3. The van der Waals surface area contributed by atoms with E-state index in [-0.39, 0.29) is 11.9 Å². The third-order valence-corrected chi connectivity index (χ3v) is 4.45. The zero-order chi connectivity index (χ0) is 18.1. The largest absolute Gasteiger partial charge is 0.464 e. The lowest BCUT2D eigenvalue weighted by molar-refractivity contribution is -0.121. The Morgan fingerprint density at radius 1 is 1.28 bits per heavy atom. The molecule has 1 atom stereocenters. The van der Waals surface area contributed by atoms with E-state index in [1.54, 1.807) is 0 Å². The van der Waals surface area contributed by atoms with E-state index in [1.165, 1.54) is 0 Å². The molecular formula is C19H24N4O2. The fourth-order valence-electron chi connectivity index (χ4n) is 3.11. The van der Waals surface area contributed by atoms with Gasteiger partial charge in [-0.2, -0.15) is 5.10 Å². The van der Waals surface area contributed by atoms with Crippen LogP contribution in [0.2, 0.25) is 0 Å². The van der Waals surface area contributed by atoms with Crippen LogP contribution in [0.1, 0.15) is 53.6 Å². The van der Waals surface area contributed by atoms with Crippen molar-refractivity contribution in [3.05, 3.63) is 52.4 Å². The molecule has 0 aliphatic carbocycles. The van der Waals surface area contributed by atoms with E-state index in [9.17, 15) is 4.79 Å². The summed E-state index contributed by atoms with van der Waals surface area (Å²) < 4.78 is 7.41. The predicted molar refractivity (Wildman–Crippen MR) is 95.5 cm³/mol. The number of nitrogens with one attached hydrogen (secondary N) is 1. The Morgan fingerprint density at radius 3 is 2.72 bits per heavy atom. The lowest BCUT2D eigenvalue weighted by atomic mass is 10.1. The second-order valence-electron chi connectivity index (χ2n) is 6.55. The van der Waals surface area contributed by atoms with Crippen LogP contribution in [0, 0.1) is 27.7 Å². The van der Waals surface area contributed by atoms with Gasteiger partial charge in [0.25, 0.3) is 0 Å². The SMILES string of the molecule is Cc1cc2nc(C)c(CCC(=O)N[C@@H](C)c3ccc(C)o3)c(C)n2n1. The molecule has 0 saturated heterocycles. The first-order valence-corrected chi connectivity index (χ1v) is 8.53. The highest BCUT2D eigenvalue weighted by Gasteiger charge is 2.15. The van der Waals surface area contributed by atoms with Gasteiger partial charge in [0.15, 0.2) is 5.65 Å². The van der Waals surface area contributed by atoms with Crippen LogP contribution in [0.15, 0.2) is 22.6 Å². The van der Waals surface area contributed by atoms with E-state index in [0.717, 1.165) is 39.8 Å². The molecule has 6 heteroatoms. The molecule has 0 unspecified atom stereocenters. The molecule has 0 fully saturated rings. The third-order valence-electron chi connectivity index (χ3n) is 4.45. The number of carbonyl (C=O) groups is 1. The molecule has 1 amide bonds. The lowest BCUT2D eigenvalue weighted by Gasteiger charge is -2.13. The average molecular weight is 340 g/mol. The number of amides is 1. The quantitative estimate of drug-likeness (QED) is 0.773. The highest BCUT2D eigenvalue weighted by atomic mass is 16.3. The van der Waals surface area contributed by atoms with Crippen molar-refractivity contribution in [1.82, 2.24) is 19.9 Å². The lowest BCUT2D eigenvalue weighted by Crippen LogP contribution is -2.26. The van der Waals surface area contributed by atoms with Crippen molar-refractivity contribution < 1.29 is 9.21 Å². The maximum absolute atomic E-state index is 12.3. The number of hydrogen-bond donors (Lipinski definition) is 1. The standard InChI is InChI=1S/C19H24N4O2/c1-11-10-18-20-13(3)16(15(5)23(18)22-11)7-9-19(24)21-14(4)17-8-6-12(2)25-17/h6,8,10,14H,7,9H2,1-5H3,(H,21,24)/t14-/m0/s1. The molecule has 0 spiro atoms. The van der Waals surface area contributed by atoms with E-state index >= 15 is 0 Å². The fraction of sp³-hybridized carbons (Fsp3) is 0.421. The summed E-state index contributed by atoms with van der Waals surface area (Å²) in [6.07, 6.45) is 1.04. The summed E-state index contributed by atoms with van der Waals surface area (Å²) in [5.41, 5.74) is 4.85. The summed E-state index contributed by atoms with van der Waals surface area (Å²) in [5.74, 6) is 1.61. The average Bonchev–Trinajstić information content (AvgIpc) is 3.12. The van der Waals surface area contributed by atoms with Crippen molar-refractivity contribution in [2.45, 2.75) is 53.5 Å². The molecule has 0 saturated carbocycles. The summed E-state index contributed by atoms with van der Waals surface area (Å²) in [5, 5.41) is 7.46. The first-order chi connectivity index (χ1) is 11.8. The van der Waals surface area contributed by atoms with Crippen LogP contribution in [-0.4, -0.2) is 20.5 Å². The van der Waals surface area contributed by atoms with Gasteiger partial charge in [-0.05, 0) is 58.7 Å². The third kappa shape index (κ3) is 3.57. The summed E-state index contributed by atoms with van der Waals surface area (Å²) in [4.78, 5) is 16.9. The highest BCUT2D eigenvalue weighted by molar-refractivity contribution is 5.76. The molecule has 3 heterocycles. The van der Waals surface area contributed by atoms with Crippen molar-refractivity contribution in [2.75, 3.05) is 0 Å². The van der Waals surface area contributed by atoms with Crippen molar-refractivity contribution in [2.24, 2.45) is 0 Å². The van der Waals surface area contributed by atoms with E-state index < -0.39 is 0 Å². The van der Waals surface area contributed by atoms with Gasteiger partial charge in [0.1, 0.15) is 11.5 Å². The van der Waals surface area contributed by atoms with Crippen LogP contribution < -0.4 is 5.32 Å². The maximum Gasteiger partial charge on any atom is 0.220 e. The Bertz CT molecular complexity index is 923. The van der Waals surface area contributed by atoms with E-state index in [2.05, 4.69) is 15.4 Å². The molecule has 25 heavy (non-hydrogen) atoms. The van der Waals surface area contributed by atoms with Gasteiger partial charge >= 0.3 is 0 Å². The number of rotatable bonds is 5.